The summed E-state index contributed by atoms with van der Waals surface area (Å²) in [6.45, 7) is 5.88. The summed E-state index contributed by atoms with van der Waals surface area (Å²) >= 11 is 1.44. The summed E-state index contributed by atoms with van der Waals surface area (Å²) in [7, 11) is 0. The number of carbonyl (C=O) groups is 3. The minimum atomic E-state index is -1.57. The van der Waals surface area contributed by atoms with Crippen LogP contribution in [0.4, 0.5) is 5.69 Å². The smallest absolute Gasteiger partial charge is 0.258 e. The summed E-state index contributed by atoms with van der Waals surface area (Å²) in [5.74, 6) is -0.130. The van der Waals surface area contributed by atoms with Crippen molar-refractivity contribution >= 4 is 35.2 Å². The number of aryl methyl sites for hydroxylation is 2. The number of benzene rings is 3. The molecule has 1 aliphatic heterocycles. The fourth-order valence-corrected chi connectivity index (χ4v) is 6.17. The van der Waals surface area contributed by atoms with Gasteiger partial charge in [0.15, 0.2) is 12.7 Å². The molecule has 1 aliphatic rings. The molecule has 3 aromatic carbocycles. The van der Waals surface area contributed by atoms with Gasteiger partial charge in [-0.3, -0.25) is 14.4 Å². The average Bonchev–Trinajstić information content (AvgIpc) is 3.51. The van der Waals surface area contributed by atoms with Crippen LogP contribution in [0.15, 0.2) is 66.7 Å². The van der Waals surface area contributed by atoms with Gasteiger partial charge in [-0.25, -0.2) is 0 Å². The molecule has 0 spiro atoms. The second-order valence-electron chi connectivity index (χ2n) is 10.7. The minimum absolute atomic E-state index is 0.219. The second kappa shape index (κ2) is 14.9. The van der Waals surface area contributed by atoms with E-state index in [1.165, 1.54) is 22.2 Å². The molecule has 0 aromatic heterocycles. The van der Waals surface area contributed by atoms with E-state index >= 15 is 0 Å². The van der Waals surface area contributed by atoms with Gasteiger partial charge in [-0.2, -0.15) is 0 Å². The Balaban J connectivity index is 1.42. The molecule has 4 rings (SSSR count). The Morgan fingerprint density at radius 2 is 1.84 bits per heavy atom. The summed E-state index contributed by atoms with van der Waals surface area (Å²) < 4.78 is 5.76. The molecule has 3 atom stereocenters. The number of nitrogens with two attached hydrogens (primary N) is 1. The number of rotatable bonds is 12. The van der Waals surface area contributed by atoms with E-state index in [1.807, 2.05) is 74.5 Å². The van der Waals surface area contributed by atoms with Gasteiger partial charge >= 0.3 is 0 Å². The summed E-state index contributed by atoms with van der Waals surface area (Å²) in [5, 5.41) is 17.0. The molecular formula is C33H40N4O5S. The first-order valence-electron chi connectivity index (χ1n) is 14.4. The Morgan fingerprint density at radius 1 is 1.07 bits per heavy atom. The van der Waals surface area contributed by atoms with Crippen molar-refractivity contribution in [3.8, 4) is 5.75 Å². The van der Waals surface area contributed by atoms with Gasteiger partial charge in [0.2, 0.25) is 5.91 Å². The van der Waals surface area contributed by atoms with Gasteiger partial charge in [0.25, 0.3) is 11.8 Å². The minimum Gasteiger partial charge on any atom is -0.484 e. The Labute approximate surface area is 257 Å². The highest BCUT2D eigenvalue weighted by molar-refractivity contribution is 7.99. The number of aliphatic hydroxyl groups is 1. The van der Waals surface area contributed by atoms with Crippen LogP contribution in [0.3, 0.4) is 0 Å². The van der Waals surface area contributed by atoms with Crippen molar-refractivity contribution in [1.82, 2.24) is 15.5 Å². The van der Waals surface area contributed by atoms with Gasteiger partial charge in [0.1, 0.15) is 11.8 Å². The Morgan fingerprint density at radius 3 is 2.56 bits per heavy atom. The monoisotopic (exact) mass is 604 g/mol. The number of nitrogen functional groups attached to an aromatic ring is 1. The fourth-order valence-electron chi connectivity index (χ4n) is 5.01. The Bertz CT molecular complexity index is 1430. The maximum atomic E-state index is 13.6. The molecule has 3 aromatic rings. The van der Waals surface area contributed by atoms with Crippen molar-refractivity contribution < 1.29 is 24.2 Å². The van der Waals surface area contributed by atoms with Crippen LogP contribution in [0.5, 0.6) is 5.75 Å². The Kier molecular flexibility index (Phi) is 11.1. The van der Waals surface area contributed by atoms with E-state index in [1.54, 1.807) is 6.07 Å². The number of thioether (sulfide) groups is 1. The van der Waals surface area contributed by atoms with E-state index in [-0.39, 0.29) is 31.4 Å². The first-order valence-corrected chi connectivity index (χ1v) is 15.6. The van der Waals surface area contributed by atoms with Gasteiger partial charge in [-0.05, 0) is 66.6 Å². The van der Waals surface area contributed by atoms with Crippen LogP contribution in [0.25, 0.3) is 0 Å². The predicted octanol–water partition coefficient (Wildman–Crippen LogP) is 3.13. The molecule has 0 radical (unpaired) electrons. The molecule has 1 heterocycles. The number of nitrogens with zero attached hydrogens (tertiary/aromatic N) is 1. The lowest BCUT2D eigenvalue weighted by molar-refractivity contribution is -0.146. The van der Waals surface area contributed by atoms with Crippen LogP contribution in [0.1, 0.15) is 34.7 Å². The number of nitrogens with one attached hydrogen (secondary N) is 2. The lowest BCUT2D eigenvalue weighted by Crippen LogP contribution is -2.56. The standard InChI is InChI=1S/C33H40N4O5S/c1-4-23-13-14-29(21(2)15-23)42-18-30(38)36-27(16-24-9-6-5-7-10-24)31(39)33(41)37-20-43-19-28(37)32(40)35-17-25-11-8-12-26(34)22(25)3/h5-15,27-28,31,39H,4,16-20,34H2,1-3H3,(H,35,40)(H,36,38)/t27-,28-,31-/m0/s1. The molecule has 1 saturated heterocycles. The van der Waals surface area contributed by atoms with Gasteiger partial charge in [0.05, 0.1) is 11.9 Å². The summed E-state index contributed by atoms with van der Waals surface area (Å²) in [5.41, 5.74) is 11.4. The van der Waals surface area contributed by atoms with Crippen molar-refractivity contribution in [2.45, 2.75) is 58.3 Å². The Hall–Kier alpha value is -4.02. The maximum Gasteiger partial charge on any atom is 0.258 e. The van der Waals surface area contributed by atoms with Crippen molar-refractivity contribution in [2.75, 3.05) is 24.0 Å². The fraction of sp³-hybridized carbons (Fsp3) is 0.364. The molecular weight excluding hydrogens is 564 g/mol. The molecule has 228 valence electrons. The number of aliphatic hydroxyl groups excluding tert-OH is 1. The van der Waals surface area contributed by atoms with E-state index in [0.717, 1.165) is 28.7 Å². The van der Waals surface area contributed by atoms with E-state index in [9.17, 15) is 19.5 Å². The molecule has 0 bridgehead atoms. The van der Waals surface area contributed by atoms with Crippen LogP contribution >= 0.6 is 11.8 Å². The van der Waals surface area contributed by atoms with Crippen LogP contribution in [0.2, 0.25) is 0 Å². The normalized spacial score (nSPS) is 15.9. The van der Waals surface area contributed by atoms with Gasteiger partial charge in [-0.1, -0.05) is 61.5 Å². The van der Waals surface area contributed by atoms with E-state index in [4.69, 9.17) is 10.5 Å². The van der Waals surface area contributed by atoms with Crippen molar-refractivity contribution in [2.24, 2.45) is 0 Å². The first-order chi connectivity index (χ1) is 20.7. The lowest BCUT2D eigenvalue weighted by atomic mass is 9.99. The molecule has 0 saturated carbocycles. The SMILES string of the molecule is CCc1ccc(OCC(=O)N[C@@H](Cc2ccccc2)[C@H](O)C(=O)N2CSC[C@H]2C(=O)NCc2cccc(N)c2C)c(C)c1. The number of amides is 3. The van der Waals surface area contributed by atoms with E-state index in [2.05, 4.69) is 17.6 Å². The average molecular weight is 605 g/mol. The van der Waals surface area contributed by atoms with Crippen LogP contribution in [0, 0.1) is 13.8 Å². The molecule has 9 nitrogen and oxygen atoms in total. The summed E-state index contributed by atoms with van der Waals surface area (Å²) in [6.07, 6.45) is -0.454. The summed E-state index contributed by atoms with van der Waals surface area (Å²) in [4.78, 5) is 41.2. The maximum absolute atomic E-state index is 13.6. The number of hydrogen-bond donors (Lipinski definition) is 4. The van der Waals surface area contributed by atoms with Crippen molar-refractivity contribution in [1.29, 1.82) is 0 Å². The third kappa shape index (κ3) is 8.30. The van der Waals surface area contributed by atoms with Crippen LogP contribution < -0.4 is 21.1 Å². The highest BCUT2D eigenvalue weighted by Gasteiger charge is 2.40. The van der Waals surface area contributed by atoms with Crippen LogP contribution in [-0.4, -0.2) is 64.2 Å². The topological polar surface area (TPSA) is 134 Å². The zero-order valence-corrected chi connectivity index (χ0v) is 25.7. The molecule has 0 unspecified atom stereocenters. The molecule has 10 heteroatoms. The lowest BCUT2D eigenvalue weighted by Gasteiger charge is -2.30. The van der Waals surface area contributed by atoms with Gasteiger partial charge in [-0.15, -0.1) is 11.8 Å². The molecule has 43 heavy (non-hydrogen) atoms. The predicted molar refractivity (Wildman–Crippen MR) is 170 cm³/mol. The van der Waals surface area contributed by atoms with E-state index < -0.39 is 30.0 Å². The highest BCUT2D eigenvalue weighted by Crippen LogP contribution is 2.24. The second-order valence-corrected chi connectivity index (χ2v) is 11.7. The molecule has 0 aliphatic carbocycles. The number of ether oxygens (including phenoxy) is 1. The summed E-state index contributed by atoms with van der Waals surface area (Å²) in [6, 6.07) is 19.0. The number of carbonyl (C=O) groups excluding carboxylic acids is 3. The third-order valence-corrected chi connectivity index (χ3v) is 8.71. The van der Waals surface area contributed by atoms with Crippen molar-refractivity contribution in [3.05, 3.63) is 94.5 Å². The third-order valence-electron chi connectivity index (χ3n) is 7.69. The quantitative estimate of drug-likeness (QED) is 0.234. The van der Waals surface area contributed by atoms with E-state index in [0.29, 0.717) is 17.2 Å². The van der Waals surface area contributed by atoms with Gasteiger partial charge in [0, 0.05) is 18.0 Å². The largest absolute Gasteiger partial charge is 0.484 e. The first kappa shape index (κ1) is 31.9. The molecule has 1 fully saturated rings. The van der Waals surface area contributed by atoms with Gasteiger partial charge < -0.3 is 31.1 Å². The highest BCUT2D eigenvalue weighted by atomic mass is 32.2. The number of hydrogen-bond acceptors (Lipinski definition) is 7. The zero-order valence-electron chi connectivity index (χ0n) is 24.8. The van der Waals surface area contributed by atoms with Crippen LogP contribution in [-0.2, 0) is 33.8 Å². The zero-order chi connectivity index (χ0) is 30.9. The molecule has 5 N–H and O–H groups in total. The molecule has 3 amide bonds. The number of anilines is 1. The van der Waals surface area contributed by atoms with Crippen molar-refractivity contribution in [3.63, 3.8) is 0 Å².